The molecule has 5 rings (SSSR count). The lowest BCUT2D eigenvalue weighted by Crippen LogP contribution is -2.28. The molecular weight excluding hydrogens is 450 g/mol. The molecule has 7 nitrogen and oxygen atoms in total. The van der Waals surface area contributed by atoms with Crippen molar-refractivity contribution in [3.05, 3.63) is 103 Å². The Labute approximate surface area is 198 Å². The van der Waals surface area contributed by atoms with Gasteiger partial charge >= 0.3 is 6.03 Å². The predicted octanol–water partition coefficient (Wildman–Crippen LogP) is 5.35. The Morgan fingerprint density at radius 1 is 0.829 bits per heavy atom. The van der Waals surface area contributed by atoms with E-state index in [0.717, 1.165) is 5.56 Å². The van der Waals surface area contributed by atoms with Gasteiger partial charge in [-0.15, -0.1) is 0 Å². The van der Waals surface area contributed by atoms with Gasteiger partial charge in [-0.05, 0) is 66.2 Å². The number of amides is 2. The van der Waals surface area contributed by atoms with Gasteiger partial charge in [0.15, 0.2) is 5.65 Å². The summed E-state index contributed by atoms with van der Waals surface area (Å²) in [6.07, 6.45) is 4.81. The number of anilines is 1. The van der Waals surface area contributed by atoms with Gasteiger partial charge in [-0.1, -0.05) is 6.07 Å². The highest BCUT2D eigenvalue weighted by Gasteiger charge is 2.15. The lowest BCUT2D eigenvalue weighted by Gasteiger charge is -2.12. The van der Waals surface area contributed by atoms with Crippen LogP contribution in [0.4, 0.5) is 19.3 Å². The molecule has 2 N–H and O–H groups in total. The van der Waals surface area contributed by atoms with Gasteiger partial charge in [0.05, 0.1) is 23.3 Å². The molecule has 0 aliphatic heterocycles. The summed E-state index contributed by atoms with van der Waals surface area (Å²) in [4.78, 5) is 30.1. The first-order valence-electron chi connectivity index (χ1n) is 10.7. The van der Waals surface area contributed by atoms with E-state index in [1.54, 1.807) is 48.8 Å². The molecule has 0 fully saturated rings. The minimum Gasteiger partial charge on any atom is -0.334 e. The maximum Gasteiger partial charge on any atom is 0.319 e. The van der Waals surface area contributed by atoms with Crippen molar-refractivity contribution in [2.24, 2.45) is 0 Å². The van der Waals surface area contributed by atoms with Gasteiger partial charge in [0.25, 0.3) is 0 Å². The highest BCUT2D eigenvalue weighted by Crippen LogP contribution is 2.31. The zero-order valence-corrected chi connectivity index (χ0v) is 18.2. The van der Waals surface area contributed by atoms with E-state index in [4.69, 9.17) is 4.98 Å². The van der Waals surface area contributed by atoms with Gasteiger partial charge < -0.3 is 10.6 Å². The number of hydrogen-bond donors (Lipinski definition) is 2. The molecule has 0 aliphatic rings. The fourth-order valence-electron chi connectivity index (χ4n) is 3.49. The quantitative estimate of drug-likeness (QED) is 0.363. The molecule has 0 aliphatic carbocycles. The van der Waals surface area contributed by atoms with E-state index in [9.17, 15) is 13.6 Å². The van der Waals surface area contributed by atoms with Crippen molar-refractivity contribution in [1.82, 2.24) is 25.3 Å². The summed E-state index contributed by atoms with van der Waals surface area (Å²) in [6.45, 7) is 0.316. The molecule has 0 bridgehead atoms. The van der Waals surface area contributed by atoms with Gasteiger partial charge in [0.2, 0.25) is 0 Å². The first-order valence-corrected chi connectivity index (χ1v) is 10.7. The van der Waals surface area contributed by atoms with Gasteiger partial charge in [-0.25, -0.2) is 28.5 Å². The van der Waals surface area contributed by atoms with Crippen LogP contribution < -0.4 is 10.6 Å². The monoisotopic (exact) mass is 468 g/mol. The molecule has 0 unspecified atom stereocenters. The van der Waals surface area contributed by atoms with Gasteiger partial charge in [-0.3, -0.25) is 4.98 Å². The topological polar surface area (TPSA) is 92.7 Å². The van der Waals surface area contributed by atoms with E-state index < -0.39 is 6.03 Å². The molecule has 9 heteroatoms. The summed E-state index contributed by atoms with van der Waals surface area (Å²) in [7, 11) is 0. The molecule has 3 heterocycles. The first-order chi connectivity index (χ1) is 17.0. The van der Waals surface area contributed by atoms with Crippen LogP contribution in [0.15, 0.2) is 85.3 Å². The van der Waals surface area contributed by atoms with E-state index in [1.165, 1.54) is 30.5 Å². The van der Waals surface area contributed by atoms with Crippen LogP contribution in [0.25, 0.3) is 33.7 Å². The van der Waals surface area contributed by atoms with Crippen molar-refractivity contribution in [1.29, 1.82) is 0 Å². The molecule has 0 radical (unpaired) electrons. The maximum absolute atomic E-state index is 13.5. The molecule has 2 aromatic carbocycles. The van der Waals surface area contributed by atoms with E-state index in [1.807, 2.05) is 6.07 Å². The van der Waals surface area contributed by atoms with E-state index in [2.05, 4.69) is 25.6 Å². The summed E-state index contributed by atoms with van der Waals surface area (Å²) in [5.74, 6) is -0.752. The number of nitrogens with one attached hydrogen (secondary N) is 2. The molecule has 0 saturated heterocycles. The fourth-order valence-corrected chi connectivity index (χ4v) is 3.49. The van der Waals surface area contributed by atoms with E-state index >= 15 is 0 Å². The summed E-state index contributed by atoms with van der Waals surface area (Å²) >= 11 is 0. The number of carbonyl (C=O) groups excluding carboxylic acids is 1. The maximum atomic E-state index is 13.5. The van der Waals surface area contributed by atoms with Crippen LogP contribution in [0.2, 0.25) is 0 Å². The molecule has 2 amide bonds. The van der Waals surface area contributed by atoms with Gasteiger partial charge in [-0.2, -0.15) is 0 Å². The first kappa shape index (κ1) is 22.0. The number of pyridine rings is 2. The third-order valence-electron chi connectivity index (χ3n) is 5.19. The number of rotatable bonds is 5. The highest BCUT2D eigenvalue weighted by atomic mass is 19.1. The minimum atomic E-state index is -0.412. The lowest BCUT2D eigenvalue weighted by molar-refractivity contribution is 0.251. The molecule has 5 aromatic rings. The zero-order chi connectivity index (χ0) is 24.2. The van der Waals surface area contributed by atoms with Crippen LogP contribution in [0, 0.1) is 11.6 Å². The summed E-state index contributed by atoms with van der Waals surface area (Å²) < 4.78 is 27.0. The van der Waals surface area contributed by atoms with E-state index in [-0.39, 0.29) is 11.6 Å². The SMILES string of the molecule is O=C(NCc1cccnc1)Nc1cnc2nc(-c3ccc(F)cc3)c(-c3ccc(F)cc3)nc2c1. The summed E-state index contributed by atoms with van der Waals surface area (Å²) in [5, 5.41) is 5.48. The molecule has 3 aromatic heterocycles. The Bertz CT molecular complexity index is 1490. The van der Waals surface area contributed by atoms with Crippen LogP contribution in [-0.4, -0.2) is 26.0 Å². The van der Waals surface area contributed by atoms with Crippen molar-refractivity contribution in [2.45, 2.75) is 6.54 Å². The summed E-state index contributed by atoms with van der Waals surface area (Å²) in [6, 6.07) is 16.6. The normalized spacial score (nSPS) is 10.8. The Balaban J connectivity index is 1.48. The second-order valence-corrected chi connectivity index (χ2v) is 7.67. The lowest BCUT2D eigenvalue weighted by atomic mass is 10.0. The third-order valence-corrected chi connectivity index (χ3v) is 5.19. The number of fused-ring (bicyclic) bond motifs is 1. The zero-order valence-electron chi connectivity index (χ0n) is 18.2. The molecule has 0 atom stereocenters. The number of hydrogen-bond acceptors (Lipinski definition) is 5. The van der Waals surface area contributed by atoms with Crippen molar-refractivity contribution in [2.75, 3.05) is 5.32 Å². The average molecular weight is 468 g/mol. The Hall–Kier alpha value is -4.79. The van der Waals surface area contributed by atoms with E-state index in [0.29, 0.717) is 45.9 Å². The summed E-state index contributed by atoms with van der Waals surface area (Å²) in [5.41, 5.74) is 4.29. The highest BCUT2D eigenvalue weighted by molar-refractivity contribution is 5.92. The number of benzene rings is 2. The Morgan fingerprint density at radius 3 is 2.11 bits per heavy atom. The molecule has 35 heavy (non-hydrogen) atoms. The van der Waals surface area contributed by atoms with Gasteiger partial charge in [0, 0.05) is 30.1 Å². The van der Waals surface area contributed by atoms with Crippen LogP contribution >= 0.6 is 0 Å². The number of carbonyl (C=O) groups is 1. The fraction of sp³-hybridized carbons (Fsp3) is 0.0385. The Morgan fingerprint density at radius 2 is 1.49 bits per heavy atom. The average Bonchev–Trinajstić information content (AvgIpc) is 2.88. The molecular formula is C26H18F2N6O. The minimum absolute atomic E-state index is 0.316. The second kappa shape index (κ2) is 9.60. The van der Waals surface area contributed by atoms with Crippen molar-refractivity contribution < 1.29 is 13.6 Å². The second-order valence-electron chi connectivity index (χ2n) is 7.67. The smallest absolute Gasteiger partial charge is 0.319 e. The van der Waals surface area contributed by atoms with Crippen LogP contribution in [0.1, 0.15) is 5.56 Å². The van der Waals surface area contributed by atoms with Gasteiger partial charge in [0.1, 0.15) is 17.2 Å². The molecule has 172 valence electrons. The molecule has 0 saturated carbocycles. The predicted molar refractivity (Wildman–Crippen MR) is 128 cm³/mol. The Kier molecular flexibility index (Phi) is 6.04. The number of nitrogens with zero attached hydrogens (tertiary/aromatic N) is 4. The molecule has 0 spiro atoms. The van der Waals surface area contributed by atoms with Crippen LogP contribution in [0.3, 0.4) is 0 Å². The third kappa shape index (κ3) is 5.09. The standard InChI is InChI=1S/C26H18F2N6O/c27-19-7-3-17(4-8-19)23-24(18-5-9-20(28)10-6-18)34-25-22(33-23)12-21(15-30-25)32-26(35)31-14-16-2-1-11-29-13-16/h1-13,15H,14H2,(H2,31,32,35). The van der Waals surface area contributed by atoms with Crippen molar-refractivity contribution >= 4 is 22.9 Å². The largest absolute Gasteiger partial charge is 0.334 e. The van der Waals surface area contributed by atoms with Crippen LogP contribution in [0.5, 0.6) is 0 Å². The number of halogens is 2. The van der Waals surface area contributed by atoms with Crippen molar-refractivity contribution in [3.8, 4) is 22.5 Å². The number of urea groups is 1. The van der Waals surface area contributed by atoms with Crippen molar-refractivity contribution in [3.63, 3.8) is 0 Å². The number of aromatic nitrogens is 4. The van der Waals surface area contributed by atoms with Crippen LogP contribution in [-0.2, 0) is 6.54 Å².